The third-order valence-electron chi connectivity index (χ3n) is 4.40. The van der Waals surface area contributed by atoms with Crippen LogP contribution in [0, 0.1) is 5.92 Å². The summed E-state index contributed by atoms with van der Waals surface area (Å²) in [5.74, 6) is 0.524. The zero-order valence-corrected chi connectivity index (χ0v) is 13.5. The second-order valence-electron chi connectivity index (χ2n) is 5.67. The van der Waals surface area contributed by atoms with Crippen molar-refractivity contribution in [3.05, 3.63) is 35.4 Å². The molecule has 0 N–H and O–H groups in total. The standard InChI is InChI=1S/C17H26N2O2/c1-5-19(6-2)12-13-7-9-14(10-8-13)15-11-16(15)17(20)18(3)21-4/h7-10,15-16H,5-6,11-12H2,1-4H3. The van der Waals surface area contributed by atoms with Crippen LogP contribution >= 0.6 is 0 Å². The third-order valence-corrected chi connectivity index (χ3v) is 4.40. The first kappa shape index (κ1) is 16.0. The predicted molar refractivity (Wildman–Crippen MR) is 83.7 cm³/mol. The minimum atomic E-state index is 0.0784. The van der Waals surface area contributed by atoms with E-state index in [1.54, 1.807) is 7.05 Å². The van der Waals surface area contributed by atoms with Crippen molar-refractivity contribution >= 4 is 5.91 Å². The first-order valence-corrected chi connectivity index (χ1v) is 7.73. The summed E-state index contributed by atoms with van der Waals surface area (Å²) >= 11 is 0. The van der Waals surface area contributed by atoms with Crippen molar-refractivity contribution in [1.82, 2.24) is 9.96 Å². The first-order chi connectivity index (χ1) is 10.1. The molecule has 2 atom stereocenters. The smallest absolute Gasteiger partial charge is 0.249 e. The van der Waals surface area contributed by atoms with E-state index >= 15 is 0 Å². The highest BCUT2D eigenvalue weighted by Crippen LogP contribution is 2.48. The Labute approximate surface area is 127 Å². The van der Waals surface area contributed by atoms with Gasteiger partial charge in [-0.1, -0.05) is 38.1 Å². The molecule has 0 aromatic heterocycles. The van der Waals surface area contributed by atoms with Crippen LogP contribution in [0.1, 0.15) is 37.3 Å². The van der Waals surface area contributed by atoms with Crippen molar-refractivity contribution in [3.8, 4) is 0 Å². The lowest BCUT2D eigenvalue weighted by Crippen LogP contribution is -2.27. The minimum Gasteiger partial charge on any atom is -0.300 e. The Morgan fingerprint density at radius 1 is 1.24 bits per heavy atom. The van der Waals surface area contributed by atoms with E-state index in [9.17, 15) is 4.79 Å². The van der Waals surface area contributed by atoms with Crippen LogP contribution < -0.4 is 0 Å². The van der Waals surface area contributed by atoms with Gasteiger partial charge in [0.1, 0.15) is 0 Å². The Bertz CT molecular complexity index is 468. The summed E-state index contributed by atoms with van der Waals surface area (Å²) < 4.78 is 0. The molecule has 1 aliphatic carbocycles. The molecule has 1 aliphatic rings. The number of carbonyl (C=O) groups excluding carboxylic acids is 1. The van der Waals surface area contributed by atoms with E-state index in [1.165, 1.54) is 23.3 Å². The number of benzene rings is 1. The van der Waals surface area contributed by atoms with Crippen LogP contribution in [0.25, 0.3) is 0 Å². The van der Waals surface area contributed by atoms with E-state index in [-0.39, 0.29) is 11.8 Å². The van der Waals surface area contributed by atoms with Gasteiger partial charge in [0.2, 0.25) is 5.91 Å². The molecule has 1 amide bonds. The van der Waals surface area contributed by atoms with Crippen molar-refractivity contribution in [3.63, 3.8) is 0 Å². The van der Waals surface area contributed by atoms with Crippen LogP contribution in [0.5, 0.6) is 0 Å². The second kappa shape index (κ2) is 7.05. The van der Waals surface area contributed by atoms with Crippen molar-refractivity contribution in [2.24, 2.45) is 5.92 Å². The molecule has 0 bridgehead atoms. The van der Waals surface area contributed by atoms with Crippen molar-refractivity contribution in [2.45, 2.75) is 32.7 Å². The maximum Gasteiger partial charge on any atom is 0.249 e. The van der Waals surface area contributed by atoms with Crippen molar-refractivity contribution < 1.29 is 9.63 Å². The molecule has 0 heterocycles. The summed E-state index contributed by atoms with van der Waals surface area (Å²) in [5, 5.41) is 1.33. The predicted octanol–water partition coefficient (Wildman–Crippen LogP) is 2.65. The lowest BCUT2D eigenvalue weighted by Gasteiger charge is -2.18. The van der Waals surface area contributed by atoms with Gasteiger partial charge in [-0.25, -0.2) is 5.06 Å². The molecular weight excluding hydrogens is 264 g/mol. The molecule has 0 saturated heterocycles. The highest BCUT2D eigenvalue weighted by Gasteiger charge is 2.45. The molecule has 0 aliphatic heterocycles. The second-order valence-corrected chi connectivity index (χ2v) is 5.67. The molecule has 0 radical (unpaired) electrons. The fraction of sp³-hybridized carbons (Fsp3) is 0.588. The summed E-state index contributed by atoms with van der Waals surface area (Å²) in [6.07, 6.45) is 0.932. The average Bonchev–Trinajstić information content (AvgIpc) is 3.32. The van der Waals surface area contributed by atoms with Crippen molar-refractivity contribution in [1.29, 1.82) is 0 Å². The average molecular weight is 290 g/mol. The van der Waals surface area contributed by atoms with Crippen LogP contribution in [0.4, 0.5) is 0 Å². The molecule has 4 nitrogen and oxygen atoms in total. The highest BCUT2D eigenvalue weighted by atomic mass is 16.7. The number of carbonyl (C=O) groups is 1. The number of hydrogen-bond acceptors (Lipinski definition) is 3. The van der Waals surface area contributed by atoms with E-state index in [0.717, 1.165) is 26.1 Å². The normalized spacial score (nSPS) is 20.6. The van der Waals surface area contributed by atoms with Gasteiger partial charge >= 0.3 is 0 Å². The Hall–Kier alpha value is -1.39. The van der Waals surface area contributed by atoms with Gasteiger partial charge in [-0.15, -0.1) is 0 Å². The Balaban J connectivity index is 1.94. The summed E-state index contributed by atoms with van der Waals surface area (Å²) in [7, 11) is 3.20. The van der Waals surface area contributed by atoms with Crippen LogP contribution in [-0.2, 0) is 16.2 Å². The summed E-state index contributed by atoms with van der Waals surface area (Å²) in [5.41, 5.74) is 2.60. The number of nitrogens with zero attached hydrogens (tertiary/aromatic N) is 2. The molecule has 21 heavy (non-hydrogen) atoms. The molecule has 0 spiro atoms. The van der Waals surface area contributed by atoms with Crippen molar-refractivity contribution in [2.75, 3.05) is 27.2 Å². The summed E-state index contributed by atoms with van der Waals surface area (Å²) in [4.78, 5) is 19.4. The summed E-state index contributed by atoms with van der Waals surface area (Å²) in [6, 6.07) is 8.72. The van der Waals surface area contributed by atoms with Crippen LogP contribution in [-0.4, -0.2) is 43.1 Å². The van der Waals surface area contributed by atoms with Gasteiger partial charge in [-0.05, 0) is 36.6 Å². The quantitative estimate of drug-likeness (QED) is 0.724. The number of hydrogen-bond donors (Lipinski definition) is 0. The maximum absolute atomic E-state index is 12.0. The fourth-order valence-corrected chi connectivity index (χ4v) is 2.74. The van der Waals surface area contributed by atoms with Gasteiger partial charge < -0.3 is 0 Å². The minimum absolute atomic E-state index is 0.0784. The highest BCUT2D eigenvalue weighted by molar-refractivity contribution is 5.81. The van der Waals surface area contributed by atoms with E-state index in [4.69, 9.17) is 4.84 Å². The Morgan fingerprint density at radius 2 is 1.86 bits per heavy atom. The third kappa shape index (κ3) is 3.83. The fourth-order valence-electron chi connectivity index (χ4n) is 2.74. The molecule has 4 heteroatoms. The van der Waals surface area contributed by atoms with E-state index in [0.29, 0.717) is 5.92 Å². The number of rotatable bonds is 7. The topological polar surface area (TPSA) is 32.8 Å². The SMILES string of the molecule is CCN(CC)Cc1ccc(C2CC2C(=O)N(C)OC)cc1. The molecule has 1 aromatic carbocycles. The van der Waals surface area contributed by atoms with Crippen LogP contribution in [0.3, 0.4) is 0 Å². The largest absolute Gasteiger partial charge is 0.300 e. The van der Waals surface area contributed by atoms with E-state index < -0.39 is 0 Å². The van der Waals surface area contributed by atoms with Gasteiger partial charge in [0.05, 0.1) is 7.11 Å². The molecule has 116 valence electrons. The lowest BCUT2D eigenvalue weighted by molar-refractivity contribution is -0.170. The molecule has 2 rings (SSSR count). The number of hydroxylamine groups is 2. The Kier molecular flexibility index (Phi) is 5.37. The van der Waals surface area contributed by atoms with Crippen LogP contribution in [0.2, 0.25) is 0 Å². The van der Waals surface area contributed by atoms with Gasteiger partial charge in [0.15, 0.2) is 0 Å². The molecule has 1 saturated carbocycles. The Morgan fingerprint density at radius 3 is 2.38 bits per heavy atom. The van der Waals surface area contributed by atoms with Gasteiger partial charge in [-0.3, -0.25) is 14.5 Å². The molecular formula is C17H26N2O2. The van der Waals surface area contributed by atoms with Gasteiger partial charge in [-0.2, -0.15) is 0 Å². The molecule has 1 aromatic rings. The lowest BCUT2D eigenvalue weighted by atomic mass is 10.1. The van der Waals surface area contributed by atoms with E-state index in [2.05, 4.69) is 43.0 Å². The number of amides is 1. The van der Waals surface area contributed by atoms with E-state index in [1.807, 2.05) is 0 Å². The molecule has 2 unspecified atom stereocenters. The summed E-state index contributed by atoms with van der Waals surface area (Å²) in [6.45, 7) is 7.50. The zero-order valence-electron chi connectivity index (χ0n) is 13.5. The maximum atomic E-state index is 12.0. The zero-order chi connectivity index (χ0) is 15.4. The monoisotopic (exact) mass is 290 g/mol. The van der Waals surface area contributed by atoms with Gasteiger partial charge in [0.25, 0.3) is 0 Å². The van der Waals surface area contributed by atoms with Gasteiger partial charge in [0, 0.05) is 19.5 Å². The molecule has 1 fully saturated rings. The van der Waals surface area contributed by atoms with Crippen LogP contribution in [0.15, 0.2) is 24.3 Å². The first-order valence-electron chi connectivity index (χ1n) is 7.73.